The predicted molar refractivity (Wildman–Crippen MR) is 114 cm³/mol. The number of ketones is 1. The standard InChI is InChI=1S/C25H38O5/c1-13(2)9-19(27)29-17-12-18(30-20(28)10-14(3)4)25(8)21-15(5)11-16(26)22(25)23(21)24(17,6)7/h11,13-14,17-18,21-23H,9-10,12H2,1-8H3/t17-,18-,21?,22?,23?,25?/m1/s1. The molecule has 5 nitrogen and oxygen atoms in total. The molecule has 4 aliphatic rings. The molecule has 4 aliphatic carbocycles. The van der Waals surface area contributed by atoms with Gasteiger partial charge in [0.15, 0.2) is 5.78 Å². The Morgan fingerprint density at radius 3 is 1.93 bits per heavy atom. The van der Waals surface area contributed by atoms with Crippen molar-refractivity contribution in [3.63, 3.8) is 0 Å². The van der Waals surface area contributed by atoms with Crippen molar-refractivity contribution in [2.24, 2.45) is 40.4 Å². The molecule has 0 aromatic heterocycles. The highest BCUT2D eigenvalue weighted by Gasteiger charge is 2.74. The molecule has 0 heterocycles. The number of rotatable bonds is 6. The van der Waals surface area contributed by atoms with E-state index in [0.29, 0.717) is 19.3 Å². The van der Waals surface area contributed by atoms with Gasteiger partial charge in [-0.3, -0.25) is 14.4 Å². The Morgan fingerprint density at radius 1 is 0.967 bits per heavy atom. The van der Waals surface area contributed by atoms with Gasteiger partial charge in [-0.2, -0.15) is 0 Å². The molecule has 0 aliphatic heterocycles. The molecule has 2 saturated carbocycles. The van der Waals surface area contributed by atoms with E-state index in [0.717, 1.165) is 5.57 Å². The van der Waals surface area contributed by atoms with Crippen LogP contribution in [0.15, 0.2) is 11.6 Å². The summed E-state index contributed by atoms with van der Waals surface area (Å²) in [6, 6.07) is 0. The normalized spacial score (nSPS) is 36.7. The van der Waals surface area contributed by atoms with E-state index >= 15 is 0 Å². The first kappa shape index (κ1) is 23.0. The minimum Gasteiger partial charge on any atom is -0.462 e. The molecule has 0 saturated heterocycles. The van der Waals surface area contributed by atoms with E-state index in [1.54, 1.807) is 6.08 Å². The summed E-state index contributed by atoms with van der Waals surface area (Å²) in [5, 5.41) is 0. The Labute approximate surface area is 181 Å². The van der Waals surface area contributed by atoms with Crippen molar-refractivity contribution in [2.75, 3.05) is 0 Å². The molecular weight excluding hydrogens is 380 g/mol. The number of fused-ring (bicyclic) bond motifs is 1. The topological polar surface area (TPSA) is 69.7 Å². The minimum absolute atomic E-state index is 0.0886. The molecule has 4 rings (SSSR count). The molecule has 30 heavy (non-hydrogen) atoms. The highest BCUT2D eigenvalue weighted by atomic mass is 16.6. The van der Waals surface area contributed by atoms with Crippen LogP contribution in [-0.4, -0.2) is 29.9 Å². The van der Waals surface area contributed by atoms with Crippen LogP contribution in [0, 0.1) is 40.4 Å². The molecule has 0 N–H and O–H groups in total. The van der Waals surface area contributed by atoms with Crippen molar-refractivity contribution in [1.29, 1.82) is 0 Å². The van der Waals surface area contributed by atoms with Crippen molar-refractivity contribution in [1.82, 2.24) is 0 Å². The highest BCUT2D eigenvalue weighted by Crippen LogP contribution is 2.72. The van der Waals surface area contributed by atoms with Gasteiger partial charge < -0.3 is 9.47 Å². The molecule has 0 aromatic rings. The maximum atomic E-state index is 13.1. The average Bonchev–Trinajstić information content (AvgIpc) is 2.66. The van der Waals surface area contributed by atoms with Crippen molar-refractivity contribution in [2.45, 2.75) is 86.9 Å². The lowest BCUT2D eigenvalue weighted by Gasteiger charge is -2.65. The molecule has 4 unspecified atom stereocenters. The fraction of sp³-hybridized carbons (Fsp3) is 0.800. The van der Waals surface area contributed by atoms with E-state index in [2.05, 4.69) is 20.8 Å². The van der Waals surface area contributed by atoms with Crippen molar-refractivity contribution < 1.29 is 23.9 Å². The number of allylic oxidation sites excluding steroid dienone is 2. The van der Waals surface area contributed by atoms with Crippen LogP contribution in [0.4, 0.5) is 0 Å². The first-order valence-electron chi connectivity index (χ1n) is 11.4. The van der Waals surface area contributed by atoms with Crippen LogP contribution in [0.3, 0.4) is 0 Å². The van der Waals surface area contributed by atoms with Gasteiger partial charge in [0, 0.05) is 36.0 Å². The fourth-order valence-corrected chi connectivity index (χ4v) is 6.38. The Bertz CT molecular complexity index is 762. The molecule has 5 heteroatoms. The van der Waals surface area contributed by atoms with Gasteiger partial charge >= 0.3 is 11.9 Å². The summed E-state index contributed by atoms with van der Waals surface area (Å²) in [6.45, 7) is 16.3. The molecule has 6 atom stereocenters. The van der Waals surface area contributed by atoms with Crippen molar-refractivity contribution >= 4 is 17.7 Å². The number of carbonyl (C=O) groups excluding carboxylic acids is 3. The van der Waals surface area contributed by atoms with Gasteiger partial charge in [-0.15, -0.1) is 0 Å². The summed E-state index contributed by atoms with van der Waals surface area (Å²) in [6.07, 6.45) is 2.08. The molecule has 0 amide bonds. The molecule has 4 bridgehead atoms. The van der Waals surface area contributed by atoms with Gasteiger partial charge in [-0.05, 0) is 36.7 Å². The molecular formula is C25H38O5. The zero-order chi connectivity index (χ0) is 22.6. The second-order valence-corrected chi connectivity index (χ2v) is 11.3. The van der Waals surface area contributed by atoms with Gasteiger partial charge in [0.1, 0.15) is 12.2 Å². The molecule has 0 aromatic carbocycles. The Morgan fingerprint density at radius 2 is 1.47 bits per heavy atom. The Kier molecular flexibility index (Phi) is 5.98. The third-order valence-electron chi connectivity index (χ3n) is 7.73. The molecule has 0 spiro atoms. The first-order valence-corrected chi connectivity index (χ1v) is 11.4. The largest absolute Gasteiger partial charge is 0.462 e. The van der Waals surface area contributed by atoms with E-state index in [4.69, 9.17) is 9.47 Å². The van der Waals surface area contributed by atoms with Gasteiger partial charge in [0.25, 0.3) is 0 Å². The van der Waals surface area contributed by atoms with Gasteiger partial charge in [0.2, 0.25) is 0 Å². The maximum absolute atomic E-state index is 13.1. The summed E-state index contributed by atoms with van der Waals surface area (Å²) >= 11 is 0. The van der Waals surface area contributed by atoms with Gasteiger partial charge in [-0.25, -0.2) is 0 Å². The number of esters is 2. The van der Waals surface area contributed by atoms with E-state index in [-0.39, 0.29) is 52.7 Å². The second-order valence-electron chi connectivity index (χ2n) is 11.3. The SMILES string of the molecule is CC1=CC(=O)C2C3C1C2(C)[C@H](OC(=O)CC(C)C)C[C@@H](OC(=O)CC(C)C)C3(C)C. The lowest BCUT2D eigenvalue weighted by atomic mass is 9.37. The predicted octanol–water partition coefficient (Wildman–Crippen LogP) is 4.73. The second kappa shape index (κ2) is 7.80. The zero-order valence-electron chi connectivity index (χ0n) is 19.8. The summed E-state index contributed by atoms with van der Waals surface area (Å²) in [7, 11) is 0. The molecule has 168 valence electrons. The monoisotopic (exact) mass is 418 g/mol. The van der Waals surface area contributed by atoms with E-state index in [1.165, 1.54) is 0 Å². The molecule has 0 radical (unpaired) electrons. The van der Waals surface area contributed by atoms with Gasteiger partial charge in [0.05, 0.1) is 0 Å². The van der Waals surface area contributed by atoms with E-state index < -0.39 is 17.6 Å². The smallest absolute Gasteiger partial charge is 0.306 e. The van der Waals surface area contributed by atoms with Crippen LogP contribution >= 0.6 is 0 Å². The number of hydrogen-bond acceptors (Lipinski definition) is 5. The number of ether oxygens (including phenoxy) is 2. The van der Waals surface area contributed by atoms with Gasteiger partial charge in [-0.1, -0.05) is 54.0 Å². The minimum atomic E-state index is -0.443. The Balaban J connectivity index is 1.98. The quantitative estimate of drug-likeness (QED) is 0.583. The number of carbonyl (C=O) groups is 3. The fourth-order valence-electron chi connectivity index (χ4n) is 6.38. The Hall–Kier alpha value is -1.65. The van der Waals surface area contributed by atoms with Crippen LogP contribution < -0.4 is 0 Å². The summed E-state index contributed by atoms with van der Waals surface area (Å²) in [4.78, 5) is 38.3. The van der Waals surface area contributed by atoms with Crippen molar-refractivity contribution in [3.05, 3.63) is 11.6 Å². The lowest BCUT2D eigenvalue weighted by molar-refractivity contribution is -0.204. The van der Waals surface area contributed by atoms with Crippen LogP contribution in [0.2, 0.25) is 0 Å². The first-order chi connectivity index (χ1) is 13.8. The maximum Gasteiger partial charge on any atom is 0.306 e. The summed E-state index contributed by atoms with van der Waals surface area (Å²) in [5.74, 6) is 0.114. The van der Waals surface area contributed by atoms with Crippen LogP contribution in [-0.2, 0) is 23.9 Å². The number of hydrogen-bond donors (Lipinski definition) is 0. The molecule has 2 fully saturated rings. The zero-order valence-corrected chi connectivity index (χ0v) is 19.8. The lowest BCUT2D eigenvalue weighted by Crippen LogP contribution is -2.67. The average molecular weight is 419 g/mol. The third-order valence-corrected chi connectivity index (χ3v) is 7.73. The van der Waals surface area contributed by atoms with E-state index in [1.807, 2.05) is 34.6 Å². The van der Waals surface area contributed by atoms with Crippen LogP contribution in [0.1, 0.15) is 74.7 Å². The summed E-state index contributed by atoms with van der Waals surface area (Å²) in [5.41, 5.74) is 0.234. The van der Waals surface area contributed by atoms with Crippen LogP contribution in [0.5, 0.6) is 0 Å². The summed E-state index contributed by atoms with van der Waals surface area (Å²) < 4.78 is 12.1. The van der Waals surface area contributed by atoms with Crippen LogP contribution in [0.25, 0.3) is 0 Å². The van der Waals surface area contributed by atoms with Crippen molar-refractivity contribution in [3.8, 4) is 0 Å². The van der Waals surface area contributed by atoms with E-state index in [9.17, 15) is 14.4 Å². The third kappa shape index (κ3) is 3.62. The highest BCUT2D eigenvalue weighted by molar-refractivity contribution is 5.96.